The second-order valence-corrected chi connectivity index (χ2v) is 20.4. The van der Waals surface area contributed by atoms with Gasteiger partial charge in [-0.25, -0.2) is 0 Å². The van der Waals surface area contributed by atoms with E-state index in [1.807, 2.05) is 0 Å². The number of aliphatic carboxylic acids is 3. The molecule has 0 fully saturated rings. The second kappa shape index (κ2) is 53.7. The first kappa shape index (κ1) is 97.1. The third-order valence-corrected chi connectivity index (χ3v) is 12.8. The molecule has 0 heterocycles. The fraction of sp³-hybridized carbons (Fsp3) is 0.740. The molecule has 48 nitrogen and oxygen atoms in total. The van der Waals surface area contributed by atoms with Crippen molar-refractivity contribution in [2.24, 2.45) is 20.6 Å². The van der Waals surface area contributed by atoms with E-state index in [1.165, 1.54) is 0 Å². The van der Waals surface area contributed by atoms with Gasteiger partial charge in [0.05, 0.1) is 82.3 Å². The smallest absolute Gasteiger partial charge is 0.549 e. The Balaban J connectivity index is -0.0000461. The monoisotopic (exact) mass is 1590 g/mol. The van der Waals surface area contributed by atoms with Crippen LogP contribution in [0.1, 0.15) is 0 Å². The van der Waals surface area contributed by atoms with Crippen LogP contribution < -0.4 is 26.0 Å². The predicted octanol–water partition coefficient (Wildman–Crippen LogP) is -23.0. The van der Waals surface area contributed by atoms with E-state index < -0.39 is 289 Å². The molecule has 0 aliphatic carbocycles. The van der Waals surface area contributed by atoms with E-state index in [0.29, 0.717) is 34.7 Å². The largest absolute Gasteiger partial charge is 3.00 e. The van der Waals surface area contributed by atoms with Gasteiger partial charge < -0.3 is 167 Å². The maximum absolute atomic E-state index is 13.2. The molecule has 0 aliphatic heterocycles. The van der Waals surface area contributed by atoms with Crippen molar-refractivity contribution < 1.29 is 225 Å². The van der Waals surface area contributed by atoms with Crippen LogP contribution >= 0.6 is 0 Å². The van der Waals surface area contributed by atoms with E-state index in [1.54, 1.807) is 0 Å². The molecule has 0 aromatic rings. The number of hydrogen-bond donors (Lipinski definition) is 22. The molecule has 0 aromatic carbocycles. The standard InChI is InChI=1S/C50H87N11O36.Gd.H2O/c62-18-30(70)47(90)43(86)26(66)9-53-94-22-36(76)60(37(77)23-95-54-10-27(67)44(87)48(91)31(71)19-63)3-1-51-34(74)13-58(16-41(82)83)7-5-57(15-40(80)81)6-8-59(17-42(84)85)14-35(75)52-2-4-61(38(78)24-96-55-11-28(68)45(88)49(92)32(72)20-64)39(79)25-97-56-12-29(69)46(89)50(93)33(73)21-65;;/h9-12,26-33,43-50,62-73,86-93H,1-8,13-25H2,(H,51,74)(H,52,75)(H,80,81)(H,82,83)(H,84,85);;1H2/q;+3;/p-3/b53-9+,54-10+,55-11+,56-12+;;/t26?,27?,28?,29?,30?,31?,32?,33?,43-,44-,45-,46-,47+,48+,49+,50+;;/m0../s1. The quantitative estimate of drug-likeness (QED) is 0.0199. The van der Waals surface area contributed by atoms with Crippen molar-refractivity contribution >= 4 is 78.2 Å². The number of carbonyl (C=O) groups excluding carboxylic acids is 9. The van der Waals surface area contributed by atoms with Crippen molar-refractivity contribution in [2.45, 2.75) is 97.7 Å². The molecule has 0 saturated carbocycles. The van der Waals surface area contributed by atoms with Crippen LogP contribution in [0.3, 0.4) is 0 Å². The Bertz CT molecular complexity index is 2240. The van der Waals surface area contributed by atoms with Gasteiger partial charge in [0.2, 0.25) is 11.8 Å². The van der Waals surface area contributed by atoms with Gasteiger partial charge in [-0.15, -0.1) is 0 Å². The van der Waals surface area contributed by atoms with Crippen LogP contribution in [0.25, 0.3) is 0 Å². The van der Waals surface area contributed by atoms with E-state index in [-0.39, 0.29) is 45.4 Å². The molecule has 8 unspecified atom stereocenters. The molecule has 16 atom stereocenters. The average molecular weight is 1590 g/mol. The third-order valence-electron chi connectivity index (χ3n) is 12.8. The first-order chi connectivity index (χ1) is 45.6. The first-order valence-corrected chi connectivity index (χ1v) is 28.5. The van der Waals surface area contributed by atoms with Gasteiger partial charge in [0, 0.05) is 72.0 Å². The summed E-state index contributed by atoms with van der Waals surface area (Å²) in [5.74, 6) is -12.4. The molecule has 0 spiro atoms. The zero-order valence-corrected chi connectivity index (χ0v) is 54.5. The van der Waals surface area contributed by atoms with Crippen molar-refractivity contribution in [2.75, 3.05) is 138 Å². The molecule has 24 N–H and O–H groups in total. The van der Waals surface area contributed by atoms with Gasteiger partial charge in [0.1, 0.15) is 97.7 Å². The fourth-order valence-electron chi connectivity index (χ4n) is 7.33. The zero-order valence-electron chi connectivity index (χ0n) is 52.3. The Morgan fingerprint density at radius 3 is 0.768 bits per heavy atom. The van der Waals surface area contributed by atoms with Gasteiger partial charge in [-0.1, -0.05) is 20.6 Å². The SMILES string of the molecule is O.O=C([O-])CN(CCN(CC(=O)[O-])CC(=O)NCCN(C(=O)CO/N=C/C(O)[C@H](O)[C@H](O)C(O)CO)C(=O)CO/N=C/C(O)[C@H](O)[C@H](O)C(O)CO)CCN(CC(=O)[O-])CC(=O)NCCN(C(=O)CO/N=C/C(O)[C@H](O)[C@H](O)C(O)CO)C(=O)CO/N=C/C(O)[C@H](O)[C@H](O)C(O)CO.[Gd+3]. The number of aliphatic hydroxyl groups is 20. The molecule has 0 aliphatic rings. The van der Waals surface area contributed by atoms with Gasteiger partial charge in [-0.3, -0.25) is 53.3 Å². The molecule has 0 aromatic heterocycles. The van der Waals surface area contributed by atoms with Crippen molar-refractivity contribution in [1.82, 2.24) is 35.1 Å². The van der Waals surface area contributed by atoms with Crippen LogP contribution in [0.4, 0.5) is 0 Å². The number of imide groups is 2. The predicted molar refractivity (Wildman–Crippen MR) is 310 cm³/mol. The number of aliphatic hydroxyl groups excluding tert-OH is 20. The average Bonchev–Trinajstić information content (AvgIpc) is 0.948. The van der Waals surface area contributed by atoms with Crippen LogP contribution in [0.15, 0.2) is 20.6 Å². The van der Waals surface area contributed by atoms with Gasteiger partial charge in [-0.2, -0.15) is 0 Å². The van der Waals surface area contributed by atoms with E-state index in [9.17, 15) is 140 Å². The number of nitrogens with zero attached hydrogens (tertiary/aromatic N) is 9. The number of carboxylic acids is 3. The van der Waals surface area contributed by atoms with Crippen molar-refractivity contribution in [1.29, 1.82) is 0 Å². The molecular formula is C50H86GdN11O37. The van der Waals surface area contributed by atoms with Crippen molar-refractivity contribution in [3.63, 3.8) is 0 Å². The maximum atomic E-state index is 13.2. The summed E-state index contributed by atoms with van der Waals surface area (Å²) in [4.78, 5) is 137. The minimum absolute atomic E-state index is 0. The molecule has 99 heavy (non-hydrogen) atoms. The molecule has 49 heteroatoms. The van der Waals surface area contributed by atoms with Gasteiger partial charge in [0.15, 0.2) is 26.4 Å². The summed E-state index contributed by atoms with van der Waals surface area (Å²) in [6.45, 7) is -17.9. The maximum Gasteiger partial charge on any atom is 3.00 e. The van der Waals surface area contributed by atoms with E-state index in [2.05, 4.69) is 31.3 Å². The molecule has 0 rings (SSSR count). The minimum Gasteiger partial charge on any atom is -0.549 e. The Morgan fingerprint density at radius 1 is 0.343 bits per heavy atom. The van der Waals surface area contributed by atoms with E-state index in [4.69, 9.17) is 39.8 Å². The number of oxime groups is 4. The summed E-state index contributed by atoms with van der Waals surface area (Å²) in [7, 11) is 0. The number of carboxylic acid groups (broad SMARTS) is 3. The topological polar surface area (TPSA) is 786 Å². The Labute approximate surface area is 592 Å². The summed E-state index contributed by atoms with van der Waals surface area (Å²) in [6.07, 6.45) is -31.1. The number of hydrogen-bond acceptors (Lipinski definition) is 43. The molecule has 1 radical (unpaired) electrons. The summed E-state index contributed by atoms with van der Waals surface area (Å²) in [5, 5.41) is 245. The molecule has 571 valence electrons. The normalized spacial score (nSPS) is 16.7. The molecule has 6 amide bonds. The Hall–Kier alpha value is -6.13. The first-order valence-electron chi connectivity index (χ1n) is 28.5. The van der Waals surface area contributed by atoms with Crippen LogP contribution in [0.2, 0.25) is 0 Å². The molecule has 0 bridgehead atoms. The summed E-state index contributed by atoms with van der Waals surface area (Å²) < 4.78 is 0. The number of carbonyl (C=O) groups is 9. The van der Waals surface area contributed by atoms with Crippen molar-refractivity contribution in [3.8, 4) is 0 Å². The zero-order chi connectivity index (χ0) is 74.1. The minimum atomic E-state index is -2.15. The van der Waals surface area contributed by atoms with Gasteiger partial charge >= 0.3 is 39.9 Å². The van der Waals surface area contributed by atoms with Gasteiger partial charge in [0.25, 0.3) is 23.6 Å². The van der Waals surface area contributed by atoms with Crippen LogP contribution in [-0.4, -0.2) is 446 Å². The van der Waals surface area contributed by atoms with E-state index in [0.717, 1.165) is 14.7 Å². The Kier molecular flexibility index (Phi) is 52.6. The fourth-order valence-corrected chi connectivity index (χ4v) is 7.33. The number of nitrogens with one attached hydrogen (secondary N) is 2. The molecular weight excluding hydrogens is 1500 g/mol. The van der Waals surface area contributed by atoms with Crippen molar-refractivity contribution in [3.05, 3.63) is 0 Å². The Morgan fingerprint density at radius 2 is 0.556 bits per heavy atom. The third kappa shape index (κ3) is 40.2. The summed E-state index contributed by atoms with van der Waals surface area (Å²) >= 11 is 0. The molecule has 0 saturated heterocycles. The summed E-state index contributed by atoms with van der Waals surface area (Å²) in [6, 6.07) is 0. The summed E-state index contributed by atoms with van der Waals surface area (Å²) in [5.41, 5.74) is 0. The number of amides is 6. The van der Waals surface area contributed by atoms with Crippen LogP contribution in [-0.2, 0) is 62.5 Å². The number of rotatable bonds is 54. The second-order valence-electron chi connectivity index (χ2n) is 20.4. The van der Waals surface area contributed by atoms with E-state index >= 15 is 0 Å². The van der Waals surface area contributed by atoms with Crippen LogP contribution in [0.5, 0.6) is 0 Å². The van der Waals surface area contributed by atoms with Crippen LogP contribution in [0, 0.1) is 39.9 Å². The van der Waals surface area contributed by atoms with Gasteiger partial charge in [-0.05, 0) is 0 Å².